The largest absolute Gasteiger partial charge is 0.619 e. The van der Waals surface area contributed by atoms with Crippen LogP contribution in [0.5, 0.6) is 0 Å². The first kappa shape index (κ1) is 8.52. The maximum atomic E-state index is 11.0. The lowest BCUT2D eigenvalue weighted by molar-refractivity contribution is -0.614. The molecule has 1 heterocycles. The predicted octanol–water partition coefficient (Wildman–Crippen LogP) is 0.337. The molecule has 1 rings (SSSR count). The molecule has 1 aromatic rings. The van der Waals surface area contributed by atoms with Crippen molar-refractivity contribution in [1.82, 2.24) is 0 Å². The highest BCUT2D eigenvalue weighted by atomic mass is 16.5. The molecule has 1 N–H and O–H groups in total. The van der Waals surface area contributed by atoms with Crippen LogP contribution in [-0.4, -0.2) is 11.1 Å². The second-order valence-electron chi connectivity index (χ2n) is 2.41. The number of aryl methyl sites for hydroxylation is 1. The molecule has 0 fully saturated rings. The van der Waals surface area contributed by atoms with E-state index in [4.69, 9.17) is 5.11 Å². The highest BCUT2D eigenvalue weighted by Gasteiger charge is 2.05. The van der Waals surface area contributed by atoms with Gasteiger partial charge in [0.2, 0.25) is 0 Å². The standard InChI is InChI=1S/C8H9NO3/c10-8(11)5-4-7-3-1-2-6-9(7)12/h1-3,6H,4-5H2,(H,10,11). The van der Waals surface area contributed by atoms with Crippen molar-refractivity contribution in [2.45, 2.75) is 12.8 Å². The van der Waals surface area contributed by atoms with Crippen molar-refractivity contribution >= 4 is 5.97 Å². The van der Waals surface area contributed by atoms with Gasteiger partial charge in [0, 0.05) is 18.6 Å². The number of carboxylic acid groups (broad SMARTS) is 1. The zero-order chi connectivity index (χ0) is 8.97. The molecule has 0 atom stereocenters. The van der Waals surface area contributed by atoms with Crippen LogP contribution in [0.1, 0.15) is 12.1 Å². The summed E-state index contributed by atoms with van der Waals surface area (Å²) in [5.41, 5.74) is 0.486. The Morgan fingerprint density at radius 3 is 2.92 bits per heavy atom. The summed E-state index contributed by atoms with van der Waals surface area (Å²) in [6.45, 7) is 0. The van der Waals surface area contributed by atoms with Crippen LogP contribution in [-0.2, 0) is 11.2 Å². The van der Waals surface area contributed by atoms with Crippen molar-refractivity contribution in [3.8, 4) is 0 Å². The minimum absolute atomic E-state index is 0.00769. The second-order valence-corrected chi connectivity index (χ2v) is 2.41. The van der Waals surface area contributed by atoms with Gasteiger partial charge in [-0.05, 0) is 0 Å². The minimum Gasteiger partial charge on any atom is -0.619 e. The van der Waals surface area contributed by atoms with E-state index in [1.54, 1.807) is 18.2 Å². The van der Waals surface area contributed by atoms with Crippen molar-refractivity contribution in [1.29, 1.82) is 0 Å². The van der Waals surface area contributed by atoms with Crippen LogP contribution in [0, 0.1) is 5.21 Å². The molecular weight excluding hydrogens is 158 g/mol. The Hall–Kier alpha value is -1.58. The van der Waals surface area contributed by atoms with Crippen LogP contribution < -0.4 is 4.73 Å². The normalized spacial score (nSPS) is 9.67. The van der Waals surface area contributed by atoms with Gasteiger partial charge in [-0.1, -0.05) is 6.07 Å². The Labute approximate surface area is 69.7 Å². The van der Waals surface area contributed by atoms with Crippen molar-refractivity contribution < 1.29 is 14.6 Å². The van der Waals surface area contributed by atoms with E-state index in [-0.39, 0.29) is 12.8 Å². The average molecular weight is 167 g/mol. The van der Waals surface area contributed by atoms with E-state index < -0.39 is 5.97 Å². The molecule has 64 valence electrons. The smallest absolute Gasteiger partial charge is 0.303 e. The van der Waals surface area contributed by atoms with Gasteiger partial charge in [0.1, 0.15) is 0 Å². The van der Waals surface area contributed by atoms with Crippen molar-refractivity contribution in [3.05, 3.63) is 35.3 Å². The third-order valence-electron chi connectivity index (χ3n) is 1.50. The Balaban J connectivity index is 2.63. The second kappa shape index (κ2) is 3.71. The van der Waals surface area contributed by atoms with Crippen LogP contribution in [0.15, 0.2) is 24.4 Å². The number of hydrogen-bond donors (Lipinski definition) is 1. The van der Waals surface area contributed by atoms with E-state index >= 15 is 0 Å². The summed E-state index contributed by atoms with van der Waals surface area (Å²) in [5, 5.41) is 19.3. The van der Waals surface area contributed by atoms with Crippen LogP contribution in [0.25, 0.3) is 0 Å². The molecule has 0 unspecified atom stereocenters. The summed E-state index contributed by atoms with van der Waals surface area (Å²) < 4.78 is 0.683. The monoisotopic (exact) mass is 167 g/mol. The van der Waals surface area contributed by atoms with Gasteiger partial charge in [-0.3, -0.25) is 4.79 Å². The quantitative estimate of drug-likeness (QED) is 0.521. The molecule has 4 nitrogen and oxygen atoms in total. The van der Waals surface area contributed by atoms with E-state index in [9.17, 15) is 10.0 Å². The summed E-state index contributed by atoms with van der Waals surface area (Å²) in [6.07, 6.45) is 1.63. The number of aliphatic carboxylic acids is 1. The zero-order valence-corrected chi connectivity index (χ0v) is 6.43. The first-order chi connectivity index (χ1) is 5.70. The molecule has 0 saturated carbocycles. The molecule has 0 amide bonds. The van der Waals surface area contributed by atoms with Crippen LogP contribution >= 0.6 is 0 Å². The lowest BCUT2D eigenvalue weighted by atomic mass is 10.2. The fourth-order valence-corrected chi connectivity index (χ4v) is 0.892. The summed E-state index contributed by atoms with van der Waals surface area (Å²) >= 11 is 0. The first-order valence-electron chi connectivity index (χ1n) is 3.59. The fourth-order valence-electron chi connectivity index (χ4n) is 0.892. The van der Waals surface area contributed by atoms with Gasteiger partial charge < -0.3 is 10.3 Å². The van der Waals surface area contributed by atoms with Crippen LogP contribution in [0.4, 0.5) is 0 Å². The van der Waals surface area contributed by atoms with E-state index in [0.717, 1.165) is 0 Å². The molecule has 0 aliphatic heterocycles. The van der Waals surface area contributed by atoms with Crippen molar-refractivity contribution in [2.75, 3.05) is 0 Å². The molecule has 0 radical (unpaired) electrons. The molecular formula is C8H9NO3. The molecule has 0 aliphatic carbocycles. The summed E-state index contributed by atoms with van der Waals surface area (Å²) in [6, 6.07) is 4.94. The van der Waals surface area contributed by atoms with Gasteiger partial charge in [-0.25, -0.2) is 0 Å². The van der Waals surface area contributed by atoms with Crippen LogP contribution in [0.3, 0.4) is 0 Å². The minimum atomic E-state index is -0.890. The summed E-state index contributed by atoms with van der Waals surface area (Å²) in [7, 11) is 0. The van der Waals surface area contributed by atoms with Crippen LogP contribution in [0.2, 0.25) is 0 Å². The molecule has 0 aliphatic rings. The Kier molecular flexibility index (Phi) is 2.63. The Bertz CT molecular complexity index is 285. The Morgan fingerprint density at radius 1 is 1.58 bits per heavy atom. The highest BCUT2D eigenvalue weighted by Crippen LogP contribution is 1.95. The zero-order valence-electron chi connectivity index (χ0n) is 6.43. The third kappa shape index (κ3) is 2.23. The van der Waals surface area contributed by atoms with Gasteiger partial charge in [-0.2, -0.15) is 4.73 Å². The number of aromatic nitrogens is 1. The van der Waals surface area contributed by atoms with Gasteiger partial charge in [0.15, 0.2) is 11.9 Å². The van der Waals surface area contributed by atoms with Gasteiger partial charge in [0.05, 0.1) is 6.42 Å². The van der Waals surface area contributed by atoms with E-state index in [1.807, 2.05) is 0 Å². The Morgan fingerprint density at radius 2 is 2.33 bits per heavy atom. The summed E-state index contributed by atoms with van der Waals surface area (Å²) in [4.78, 5) is 10.2. The number of carbonyl (C=O) groups is 1. The van der Waals surface area contributed by atoms with E-state index in [1.165, 1.54) is 6.20 Å². The maximum absolute atomic E-state index is 11.0. The van der Waals surface area contributed by atoms with E-state index in [2.05, 4.69) is 0 Å². The SMILES string of the molecule is O=C(O)CCc1cccc[n+]1[O-]. The van der Waals surface area contributed by atoms with Crippen molar-refractivity contribution in [2.24, 2.45) is 0 Å². The van der Waals surface area contributed by atoms with Gasteiger partial charge >= 0.3 is 5.97 Å². The first-order valence-corrected chi connectivity index (χ1v) is 3.59. The topological polar surface area (TPSA) is 64.2 Å². The van der Waals surface area contributed by atoms with Gasteiger partial charge in [-0.15, -0.1) is 0 Å². The molecule has 1 aromatic heterocycles. The fraction of sp³-hybridized carbons (Fsp3) is 0.250. The number of carboxylic acids is 1. The lowest BCUT2D eigenvalue weighted by Gasteiger charge is -2.00. The molecule has 0 bridgehead atoms. The van der Waals surface area contributed by atoms with Gasteiger partial charge in [0.25, 0.3) is 0 Å². The summed E-state index contributed by atoms with van der Waals surface area (Å²) in [5.74, 6) is -0.890. The number of rotatable bonds is 3. The molecule has 0 spiro atoms. The molecule has 4 heteroatoms. The molecule has 0 aromatic carbocycles. The average Bonchev–Trinajstić information content (AvgIpc) is 2.03. The van der Waals surface area contributed by atoms with E-state index in [0.29, 0.717) is 10.4 Å². The highest BCUT2D eigenvalue weighted by molar-refractivity contribution is 5.66. The van der Waals surface area contributed by atoms with Crippen molar-refractivity contribution in [3.63, 3.8) is 0 Å². The molecule has 0 saturated heterocycles. The molecule has 12 heavy (non-hydrogen) atoms. The lowest BCUT2D eigenvalue weighted by Crippen LogP contribution is -2.31. The number of pyridine rings is 1. The number of hydrogen-bond acceptors (Lipinski definition) is 2. The predicted molar refractivity (Wildman–Crippen MR) is 41.4 cm³/mol. The number of nitrogens with zero attached hydrogens (tertiary/aromatic N) is 1. The third-order valence-corrected chi connectivity index (χ3v) is 1.50. The maximum Gasteiger partial charge on any atom is 0.303 e.